The van der Waals surface area contributed by atoms with Crippen molar-refractivity contribution >= 4 is 11.9 Å². The first-order chi connectivity index (χ1) is 9.90. The van der Waals surface area contributed by atoms with Gasteiger partial charge in [-0.15, -0.1) is 0 Å². The lowest BCUT2D eigenvalue weighted by molar-refractivity contribution is -0.139. The van der Waals surface area contributed by atoms with Gasteiger partial charge < -0.3 is 15.7 Å². The van der Waals surface area contributed by atoms with Crippen molar-refractivity contribution in [2.24, 2.45) is 11.1 Å². The molecule has 0 aromatic carbocycles. The highest BCUT2D eigenvalue weighted by atomic mass is 16.4. The third-order valence-corrected chi connectivity index (χ3v) is 4.61. The van der Waals surface area contributed by atoms with Gasteiger partial charge in [-0.2, -0.15) is 0 Å². The van der Waals surface area contributed by atoms with Gasteiger partial charge in [0.05, 0.1) is 0 Å². The van der Waals surface area contributed by atoms with Gasteiger partial charge in [-0.1, -0.05) is 19.3 Å². The van der Waals surface area contributed by atoms with Gasteiger partial charge in [-0.05, 0) is 45.1 Å². The molecule has 0 aromatic heterocycles. The molecule has 0 bridgehead atoms. The summed E-state index contributed by atoms with van der Waals surface area (Å²) in [6, 6.07) is 0.102. The molecule has 0 aromatic rings. The van der Waals surface area contributed by atoms with Crippen molar-refractivity contribution in [3.8, 4) is 0 Å². The molecule has 122 valence electrons. The number of carboxylic acids is 1. The lowest BCUT2D eigenvalue weighted by Crippen LogP contribution is -2.43. The maximum Gasteiger partial charge on any atom is 0.303 e. The molecule has 0 spiro atoms. The summed E-state index contributed by atoms with van der Waals surface area (Å²) in [4.78, 5) is 25.0. The Balaban J connectivity index is 2.60. The number of nitrogens with zero attached hydrogens (tertiary/aromatic N) is 1. The van der Waals surface area contributed by atoms with Crippen molar-refractivity contribution in [2.45, 2.75) is 71.3 Å². The summed E-state index contributed by atoms with van der Waals surface area (Å²) in [6.45, 7) is 5.05. The molecule has 1 rings (SSSR count). The van der Waals surface area contributed by atoms with E-state index in [9.17, 15) is 9.59 Å². The van der Waals surface area contributed by atoms with Crippen LogP contribution in [0.15, 0.2) is 0 Å². The number of nitrogens with two attached hydrogens (primary N) is 1. The van der Waals surface area contributed by atoms with E-state index < -0.39 is 5.97 Å². The summed E-state index contributed by atoms with van der Waals surface area (Å²) in [5.41, 5.74) is 5.92. The number of hydrogen-bond acceptors (Lipinski definition) is 3. The summed E-state index contributed by atoms with van der Waals surface area (Å²) < 4.78 is 0. The predicted octanol–water partition coefficient (Wildman–Crippen LogP) is 2.39. The molecule has 1 amide bonds. The first-order valence-electron chi connectivity index (χ1n) is 8.11. The number of aliphatic carboxylic acids is 1. The number of amides is 1. The minimum atomic E-state index is -0.808. The Morgan fingerprint density at radius 1 is 1.24 bits per heavy atom. The average Bonchev–Trinajstić information content (AvgIpc) is 2.43. The quantitative estimate of drug-likeness (QED) is 0.720. The Kier molecular flexibility index (Phi) is 7.15. The van der Waals surface area contributed by atoms with Crippen molar-refractivity contribution < 1.29 is 14.7 Å². The molecule has 5 nitrogen and oxygen atoms in total. The SMILES string of the molecule is CC(C)N(CCCC(=O)O)C(=O)CC1(CN)CCCCC1. The Hall–Kier alpha value is -1.10. The minimum Gasteiger partial charge on any atom is -0.481 e. The minimum absolute atomic E-state index is 0.0325. The van der Waals surface area contributed by atoms with Gasteiger partial charge in [0.25, 0.3) is 0 Å². The fraction of sp³-hybridized carbons (Fsp3) is 0.875. The van der Waals surface area contributed by atoms with Crippen molar-refractivity contribution in [1.82, 2.24) is 4.90 Å². The molecule has 0 heterocycles. The molecule has 0 radical (unpaired) electrons. The molecular formula is C16H30N2O3. The zero-order valence-electron chi connectivity index (χ0n) is 13.4. The molecule has 0 saturated heterocycles. The summed E-state index contributed by atoms with van der Waals surface area (Å²) in [6.07, 6.45) is 6.76. The Labute approximate surface area is 127 Å². The molecule has 1 aliphatic rings. The maximum absolute atomic E-state index is 12.6. The van der Waals surface area contributed by atoms with E-state index in [2.05, 4.69) is 0 Å². The topological polar surface area (TPSA) is 83.6 Å². The number of carboxylic acid groups (broad SMARTS) is 1. The van der Waals surface area contributed by atoms with Gasteiger partial charge in [0, 0.05) is 25.4 Å². The fourth-order valence-corrected chi connectivity index (χ4v) is 3.25. The van der Waals surface area contributed by atoms with Gasteiger partial charge in [-0.25, -0.2) is 0 Å². The molecule has 0 unspecified atom stereocenters. The van der Waals surface area contributed by atoms with E-state index >= 15 is 0 Å². The van der Waals surface area contributed by atoms with Crippen molar-refractivity contribution in [3.63, 3.8) is 0 Å². The zero-order chi connectivity index (χ0) is 15.9. The Bertz CT molecular complexity index is 349. The first-order valence-corrected chi connectivity index (χ1v) is 8.11. The molecular weight excluding hydrogens is 268 g/mol. The highest BCUT2D eigenvalue weighted by Crippen LogP contribution is 2.38. The van der Waals surface area contributed by atoms with Crippen molar-refractivity contribution in [1.29, 1.82) is 0 Å². The van der Waals surface area contributed by atoms with Crippen molar-refractivity contribution in [2.75, 3.05) is 13.1 Å². The van der Waals surface area contributed by atoms with Crippen LogP contribution in [0.25, 0.3) is 0 Å². The second kappa shape index (κ2) is 8.37. The van der Waals surface area contributed by atoms with E-state index in [1.165, 1.54) is 6.42 Å². The highest BCUT2D eigenvalue weighted by Gasteiger charge is 2.34. The largest absolute Gasteiger partial charge is 0.481 e. The monoisotopic (exact) mass is 298 g/mol. The molecule has 0 aliphatic heterocycles. The van der Waals surface area contributed by atoms with Gasteiger partial charge in [0.2, 0.25) is 5.91 Å². The van der Waals surface area contributed by atoms with Crippen LogP contribution in [0.5, 0.6) is 0 Å². The van der Waals surface area contributed by atoms with Crippen LogP contribution in [0.1, 0.15) is 65.2 Å². The second-order valence-corrected chi connectivity index (χ2v) is 6.62. The fourth-order valence-electron chi connectivity index (χ4n) is 3.25. The standard InChI is InChI=1S/C16H30N2O3/c1-13(2)18(10-6-7-15(20)21)14(19)11-16(12-17)8-4-3-5-9-16/h13H,3-12,17H2,1-2H3,(H,20,21). The first kappa shape index (κ1) is 18.0. The number of hydrogen-bond donors (Lipinski definition) is 2. The van der Waals surface area contributed by atoms with Crippen LogP contribution in [0.2, 0.25) is 0 Å². The second-order valence-electron chi connectivity index (χ2n) is 6.62. The molecule has 1 aliphatic carbocycles. The molecule has 3 N–H and O–H groups in total. The van der Waals surface area contributed by atoms with E-state index in [-0.39, 0.29) is 23.8 Å². The average molecular weight is 298 g/mol. The number of rotatable bonds is 8. The van der Waals surface area contributed by atoms with Gasteiger partial charge >= 0.3 is 5.97 Å². The van der Waals surface area contributed by atoms with Gasteiger partial charge in [0.15, 0.2) is 0 Å². The summed E-state index contributed by atoms with van der Waals surface area (Å²) >= 11 is 0. The number of carbonyl (C=O) groups excluding carboxylic acids is 1. The van der Waals surface area contributed by atoms with Crippen LogP contribution in [0.3, 0.4) is 0 Å². The Morgan fingerprint density at radius 3 is 2.33 bits per heavy atom. The predicted molar refractivity (Wildman–Crippen MR) is 82.9 cm³/mol. The van der Waals surface area contributed by atoms with Crippen LogP contribution >= 0.6 is 0 Å². The van der Waals surface area contributed by atoms with E-state index in [1.807, 2.05) is 18.7 Å². The highest BCUT2D eigenvalue weighted by molar-refractivity contribution is 5.77. The molecule has 1 saturated carbocycles. The summed E-state index contributed by atoms with van der Waals surface area (Å²) in [5.74, 6) is -0.681. The van der Waals surface area contributed by atoms with E-state index in [4.69, 9.17) is 10.8 Å². The van der Waals surface area contributed by atoms with Crippen LogP contribution in [-0.2, 0) is 9.59 Å². The molecule has 5 heteroatoms. The van der Waals surface area contributed by atoms with E-state index in [0.29, 0.717) is 25.9 Å². The zero-order valence-corrected chi connectivity index (χ0v) is 13.4. The lowest BCUT2D eigenvalue weighted by atomic mass is 9.71. The van der Waals surface area contributed by atoms with Crippen LogP contribution in [-0.4, -0.2) is 41.0 Å². The number of carbonyl (C=O) groups is 2. The van der Waals surface area contributed by atoms with Crippen molar-refractivity contribution in [3.05, 3.63) is 0 Å². The molecule has 1 fully saturated rings. The maximum atomic E-state index is 12.6. The molecule has 21 heavy (non-hydrogen) atoms. The summed E-state index contributed by atoms with van der Waals surface area (Å²) in [7, 11) is 0. The van der Waals surface area contributed by atoms with E-state index in [0.717, 1.165) is 25.7 Å². The smallest absolute Gasteiger partial charge is 0.303 e. The Morgan fingerprint density at radius 2 is 1.86 bits per heavy atom. The summed E-state index contributed by atoms with van der Waals surface area (Å²) in [5, 5.41) is 8.72. The molecule has 0 atom stereocenters. The normalized spacial score (nSPS) is 17.7. The lowest BCUT2D eigenvalue weighted by Gasteiger charge is -2.38. The third-order valence-electron chi connectivity index (χ3n) is 4.61. The van der Waals surface area contributed by atoms with Gasteiger partial charge in [0.1, 0.15) is 0 Å². The van der Waals surface area contributed by atoms with Crippen LogP contribution in [0.4, 0.5) is 0 Å². The van der Waals surface area contributed by atoms with Crippen LogP contribution in [0, 0.1) is 5.41 Å². The third kappa shape index (κ3) is 5.65. The van der Waals surface area contributed by atoms with Gasteiger partial charge in [-0.3, -0.25) is 9.59 Å². The van der Waals surface area contributed by atoms with E-state index in [1.54, 1.807) is 0 Å². The van der Waals surface area contributed by atoms with Crippen LogP contribution < -0.4 is 5.73 Å².